The minimum atomic E-state index is -0.797. The van der Waals surface area contributed by atoms with Gasteiger partial charge in [-0.05, 0) is 53.2 Å². The summed E-state index contributed by atoms with van der Waals surface area (Å²) in [6.45, 7) is 2.33. The van der Waals surface area contributed by atoms with Crippen LogP contribution in [-0.2, 0) is 30.7 Å². The molecule has 4 aromatic rings. The number of carboxylic acids is 1. The van der Waals surface area contributed by atoms with Gasteiger partial charge < -0.3 is 15.3 Å². The van der Waals surface area contributed by atoms with Crippen molar-refractivity contribution >= 4 is 33.8 Å². The number of aryl methyl sites for hydroxylation is 1. The van der Waals surface area contributed by atoms with Gasteiger partial charge in [-0.15, -0.1) is 11.3 Å². The second kappa shape index (κ2) is 14.2. The maximum Gasteiger partial charge on any atom is 0.303 e. The highest BCUT2D eigenvalue weighted by molar-refractivity contribution is 7.13. The number of hydrogen-bond donors (Lipinski definition) is 2. The predicted octanol–water partition coefficient (Wildman–Crippen LogP) is 7.32. The Kier molecular flexibility index (Phi) is 9.74. The molecule has 0 aliphatic heterocycles. The number of nitrogens with zero attached hydrogens (tertiary/aromatic N) is 3. The number of allylic oxidation sites excluding steroid dienone is 6. The van der Waals surface area contributed by atoms with Gasteiger partial charge in [-0.1, -0.05) is 91.0 Å². The SMILES string of the molecule is O=C(O)CCc1ccc(NCc2ccc(CN(CCc3ccccc3)c3nc(C4=CC=CC=CC4)cs3)cc2)nc1. The summed E-state index contributed by atoms with van der Waals surface area (Å²) < 4.78 is 0. The molecule has 0 atom stereocenters. The van der Waals surface area contributed by atoms with E-state index in [4.69, 9.17) is 10.1 Å². The molecule has 0 spiro atoms. The van der Waals surface area contributed by atoms with Crippen LogP contribution in [0.4, 0.5) is 10.9 Å². The molecule has 0 saturated heterocycles. The molecule has 2 aromatic heterocycles. The molecule has 0 unspecified atom stereocenters. The van der Waals surface area contributed by atoms with Crippen LogP contribution in [0.3, 0.4) is 0 Å². The average Bonchev–Trinajstić information content (AvgIpc) is 3.33. The summed E-state index contributed by atoms with van der Waals surface area (Å²) in [6, 6.07) is 23.1. The summed E-state index contributed by atoms with van der Waals surface area (Å²) in [4.78, 5) is 22.6. The van der Waals surface area contributed by atoms with E-state index in [0.29, 0.717) is 13.0 Å². The van der Waals surface area contributed by atoms with Crippen molar-refractivity contribution in [1.29, 1.82) is 0 Å². The van der Waals surface area contributed by atoms with Crippen molar-refractivity contribution in [2.75, 3.05) is 16.8 Å². The Morgan fingerprint density at radius 3 is 2.49 bits per heavy atom. The number of nitrogens with one attached hydrogen (secondary N) is 1. The van der Waals surface area contributed by atoms with E-state index in [2.05, 4.69) is 106 Å². The number of thiazole rings is 1. The molecule has 0 amide bonds. The van der Waals surface area contributed by atoms with Crippen molar-refractivity contribution in [3.8, 4) is 0 Å². The quantitative estimate of drug-likeness (QED) is 0.178. The van der Waals surface area contributed by atoms with Crippen molar-refractivity contribution in [1.82, 2.24) is 9.97 Å². The summed E-state index contributed by atoms with van der Waals surface area (Å²) in [5.41, 5.74) is 6.93. The molecule has 7 heteroatoms. The molecule has 5 rings (SSSR count). The first-order chi connectivity index (χ1) is 20.1. The summed E-state index contributed by atoms with van der Waals surface area (Å²) in [7, 11) is 0. The lowest BCUT2D eigenvalue weighted by Crippen LogP contribution is -2.25. The lowest BCUT2D eigenvalue weighted by molar-refractivity contribution is -0.136. The summed E-state index contributed by atoms with van der Waals surface area (Å²) in [5, 5.41) is 15.4. The number of carbonyl (C=O) groups is 1. The Labute approximate surface area is 245 Å². The first-order valence-corrected chi connectivity index (χ1v) is 14.8. The zero-order valence-corrected chi connectivity index (χ0v) is 23.8. The normalized spacial score (nSPS) is 12.5. The maximum atomic E-state index is 10.8. The van der Waals surface area contributed by atoms with E-state index in [1.54, 1.807) is 17.5 Å². The van der Waals surface area contributed by atoms with Crippen LogP contribution in [0.1, 0.15) is 40.8 Å². The minimum Gasteiger partial charge on any atom is -0.481 e. The van der Waals surface area contributed by atoms with Gasteiger partial charge in [0, 0.05) is 37.6 Å². The molecule has 208 valence electrons. The molecule has 0 fully saturated rings. The predicted molar refractivity (Wildman–Crippen MR) is 168 cm³/mol. The number of aliphatic carboxylic acids is 1. The van der Waals surface area contributed by atoms with Gasteiger partial charge in [0.05, 0.1) is 5.69 Å². The molecule has 6 nitrogen and oxygen atoms in total. The summed E-state index contributed by atoms with van der Waals surface area (Å²) in [5.74, 6) is -0.0243. The standard InChI is InChI=1S/C34H34N4O2S/c39-33(40)19-17-28-16-18-32(36-23-28)35-22-27-12-14-29(15-13-27)24-38(21-20-26-8-4-3-5-9-26)34-37-31(25-41-34)30-10-6-1-2-7-11-30/h1-10,12-16,18,23,25H,11,17,19-22,24H2,(H,35,36)(H,39,40). The monoisotopic (exact) mass is 562 g/mol. The van der Waals surface area contributed by atoms with Gasteiger partial charge >= 0.3 is 5.97 Å². The number of rotatable bonds is 13. The van der Waals surface area contributed by atoms with Crippen molar-refractivity contribution < 1.29 is 9.90 Å². The zero-order chi connectivity index (χ0) is 28.3. The van der Waals surface area contributed by atoms with E-state index in [0.717, 1.165) is 48.1 Å². The van der Waals surface area contributed by atoms with Gasteiger partial charge in [-0.3, -0.25) is 4.79 Å². The second-order valence-corrected chi connectivity index (χ2v) is 10.8. The number of anilines is 2. The van der Waals surface area contributed by atoms with Crippen molar-refractivity contribution in [3.05, 3.63) is 137 Å². The zero-order valence-electron chi connectivity index (χ0n) is 22.9. The molecule has 0 radical (unpaired) electrons. The number of carboxylic acid groups (broad SMARTS) is 1. The fourth-order valence-electron chi connectivity index (χ4n) is 4.58. The fourth-order valence-corrected chi connectivity index (χ4v) is 5.46. The van der Waals surface area contributed by atoms with E-state index < -0.39 is 5.97 Å². The second-order valence-electron chi connectivity index (χ2n) is 10.00. The number of benzene rings is 2. The van der Waals surface area contributed by atoms with E-state index in [-0.39, 0.29) is 6.42 Å². The average molecular weight is 563 g/mol. The Morgan fingerprint density at radius 2 is 1.71 bits per heavy atom. The van der Waals surface area contributed by atoms with Gasteiger partial charge in [0.1, 0.15) is 5.82 Å². The van der Waals surface area contributed by atoms with E-state index in [9.17, 15) is 4.79 Å². The van der Waals surface area contributed by atoms with E-state index >= 15 is 0 Å². The first kappa shape index (κ1) is 28.1. The Bertz CT molecular complexity index is 1510. The number of aromatic nitrogens is 2. The highest BCUT2D eigenvalue weighted by atomic mass is 32.1. The smallest absolute Gasteiger partial charge is 0.303 e. The highest BCUT2D eigenvalue weighted by Gasteiger charge is 2.14. The molecule has 1 aliphatic rings. The molecule has 2 N–H and O–H groups in total. The van der Waals surface area contributed by atoms with Crippen LogP contribution in [0.25, 0.3) is 5.57 Å². The number of hydrogen-bond acceptors (Lipinski definition) is 6. The molecular formula is C34H34N4O2S. The fraction of sp³-hybridized carbons (Fsp3) is 0.206. The highest BCUT2D eigenvalue weighted by Crippen LogP contribution is 2.29. The molecule has 2 heterocycles. The van der Waals surface area contributed by atoms with Crippen LogP contribution in [-0.4, -0.2) is 27.6 Å². The van der Waals surface area contributed by atoms with Crippen LogP contribution in [0.15, 0.2) is 109 Å². The van der Waals surface area contributed by atoms with E-state index in [1.165, 1.54) is 22.3 Å². The van der Waals surface area contributed by atoms with Crippen molar-refractivity contribution in [2.24, 2.45) is 0 Å². The third-order valence-electron chi connectivity index (χ3n) is 6.92. The van der Waals surface area contributed by atoms with Crippen LogP contribution in [0.5, 0.6) is 0 Å². The summed E-state index contributed by atoms with van der Waals surface area (Å²) in [6.07, 6.45) is 14.7. The van der Waals surface area contributed by atoms with Gasteiger partial charge in [-0.25, -0.2) is 9.97 Å². The lowest BCUT2D eigenvalue weighted by Gasteiger charge is -2.22. The van der Waals surface area contributed by atoms with Crippen LogP contribution in [0.2, 0.25) is 0 Å². The third kappa shape index (κ3) is 8.50. The molecule has 41 heavy (non-hydrogen) atoms. The molecule has 0 saturated carbocycles. The lowest BCUT2D eigenvalue weighted by atomic mass is 10.1. The van der Waals surface area contributed by atoms with Gasteiger partial charge in [0.15, 0.2) is 5.13 Å². The summed E-state index contributed by atoms with van der Waals surface area (Å²) >= 11 is 1.71. The van der Waals surface area contributed by atoms with Gasteiger partial charge in [-0.2, -0.15) is 0 Å². The maximum absolute atomic E-state index is 10.8. The van der Waals surface area contributed by atoms with Crippen LogP contribution >= 0.6 is 11.3 Å². The van der Waals surface area contributed by atoms with Crippen molar-refractivity contribution in [2.45, 2.75) is 38.8 Å². The Morgan fingerprint density at radius 1 is 0.902 bits per heavy atom. The molecular weight excluding hydrogens is 528 g/mol. The Hall–Kier alpha value is -4.49. The van der Waals surface area contributed by atoms with Gasteiger partial charge in [0.2, 0.25) is 0 Å². The van der Waals surface area contributed by atoms with Crippen molar-refractivity contribution in [3.63, 3.8) is 0 Å². The van der Waals surface area contributed by atoms with Crippen LogP contribution < -0.4 is 10.2 Å². The first-order valence-electron chi connectivity index (χ1n) is 13.9. The third-order valence-corrected chi connectivity index (χ3v) is 7.82. The van der Waals surface area contributed by atoms with Gasteiger partial charge in [0.25, 0.3) is 0 Å². The number of pyridine rings is 1. The molecule has 0 bridgehead atoms. The molecule has 2 aromatic carbocycles. The largest absolute Gasteiger partial charge is 0.481 e. The van der Waals surface area contributed by atoms with E-state index in [1.807, 2.05) is 12.1 Å². The molecule has 1 aliphatic carbocycles. The Balaban J connectivity index is 1.23. The minimum absolute atomic E-state index is 0.113. The van der Waals surface area contributed by atoms with Crippen LogP contribution in [0, 0.1) is 0 Å². The topological polar surface area (TPSA) is 78.4 Å².